The maximum Gasteiger partial charge on any atom is 0.193 e. The van der Waals surface area contributed by atoms with Gasteiger partial charge in [-0.15, -0.1) is 24.0 Å². The van der Waals surface area contributed by atoms with E-state index < -0.39 is 0 Å². The second-order valence-corrected chi connectivity index (χ2v) is 6.60. The van der Waals surface area contributed by atoms with Crippen LogP contribution in [-0.2, 0) is 6.42 Å². The third kappa shape index (κ3) is 5.16. The monoisotopic (exact) mass is 493 g/mol. The van der Waals surface area contributed by atoms with Gasteiger partial charge in [-0.05, 0) is 44.7 Å². The number of hydrogen-bond donors (Lipinski definition) is 2. The highest BCUT2D eigenvalue weighted by Gasteiger charge is 2.17. The van der Waals surface area contributed by atoms with Crippen molar-refractivity contribution in [1.29, 1.82) is 5.26 Å². The summed E-state index contributed by atoms with van der Waals surface area (Å²) < 4.78 is 1.64. The first-order valence-corrected chi connectivity index (χ1v) is 9.60. The zero-order chi connectivity index (χ0) is 19.1. The van der Waals surface area contributed by atoms with E-state index in [4.69, 9.17) is 10.7 Å². The van der Waals surface area contributed by atoms with Crippen molar-refractivity contribution >= 4 is 35.8 Å². The molecule has 0 atom stereocenters. The Bertz CT molecular complexity index is 817. The number of nitrogens with zero attached hydrogens (tertiary/aromatic N) is 5. The van der Waals surface area contributed by atoms with E-state index in [2.05, 4.69) is 28.3 Å². The van der Waals surface area contributed by atoms with Crippen molar-refractivity contribution in [2.75, 3.05) is 31.9 Å². The standard InChI is InChI=1S/C20H27N7.HI/c1-2-23-20(26-13-6-7-14-26)24-12-8-11-18-17(15-21)19(22)27(25-18)16-9-4-3-5-10-16;/h3-5,9-10H,2,6-8,11-14,22H2,1H3,(H,23,24);1H. The van der Waals surface area contributed by atoms with Gasteiger partial charge in [0.25, 0.3) is 0 Å². The molecular formula is C20H28IN7. The Hall–Kier alpha value is -2.28. The van der Waals surface area contributed by atoms with Crippen molar-refractivity contribution in [3.05, 3.63) is 41.6 Å². The average molecular weight is 493 g/mol. The SMILES string of the molecule is CCNC(=NCCCc1nn(-c2ccccc2)c(N)c1C#N)N1CCCC1.I. The second kappa shape index (κ2) is 10.9. The van der Waals surface area contributed by atoms with Crippen molar-refractivity contribution in [3.63, 3.8) is 0 Å². The molecule has 3 rings (SSSR count). The fraction of sp³-hybridized carbons (Fsp3) is 0.450. The molecule has 1 aliphatic heterocycles. The minimum atomic E-state index is 0. The number of halogens is 1. The Labute approximate surface area is 183 Å². The number of hydrogen-bond acceptors (Lipinski definition) is 4. The highest BCUT2D eigenvalue weighted by molar-refractivity contribution is 14.0. The first kappa shape index (κ1) is 22.0. The predicted molar refractivity (Wildman–Crippen MR) is 123 cm³/mol. The van der Waals surface area contributed by atoms with E-state index >= 15 is 0 Å². The first-order chi connectivity index (χ1) is 13.2. The lowest BCUT2D eigenvalue weighted by atomic mass is 10.1. The first-order valence-electron chi connectivity index (χ1n) is 9.60. The maximum absolute atomic E-state index is 9.49. The smallest absolute Gasteiger partial charge is 0.193 e. The second-order valence-electron chi connectivity index (χ2n) is 6.60. The molecule has 1 saturated heterocycles. The van der Waals surface area contributed by atoms with E-state index in [0.29, 0.717) is 24.3 Å². The maximum atomic E-state index is 9.49. The average Bonchev–Trinajstić information content (AvgIpc) is 3.33. The van der Waals surface area contributed by atoms with Crippen LogP contribution in [0.1, 0.15) is 37.4 Å². The number of nitrogens with one attached hydrogen (secondary N) is 1. The lowest BCUT2D eigenvalue weighted by molar-refractivity contribution is 0.493. The van der Waals surface area contributed by atoms with Crippen LogP contribution in [0.4, 0.5) is 5.82 Å². The van der Waals surface area contributed by atoms with Crippen LogP contribution < -0.4 is 11.1 Å². The van der Waals surface area contributed by atoms with E-state index in [-0.39, 0.29) is 24.0 Å². The van der Waals surface area contributed by atoms with Crippen molar-refractivity contribution in [2.24, 2.45) is 4.99 Å². The van der Waals surface area contributed by atoms with Gasteiger partial charge in [-0.25, -0.2) is 4.68 Å². The van der Waals surface area contributed by atoms with Crippen molar-refractivity contribution in [1.82, 2.24) is 20.0 Å². The van der Waals surface area contributed by atoms with E-state index in [9.17, 15) is 5.26 Å². The number of nitrogen functional groups attached to an aromatic ring is 1. The van der Waals surface area contributed by atoms with Gasteiger partial charge >= 0.3 is 0 Å². The summed E-state index contributed by atoms with van der Waals surface area (Å²) in [5.41, 5.74) is 8.22. The van der Waals surface area contributed by atoms with E-state index in [1.807, 2.05) is 30.3 Å². The molecule has 28 heavy (non-hydrogen) atoms. The number of aryl methyl sites for hydroxylation is 1. The highest BCUT2D eigenvalue weighted by Crippen LogP contribution is 2.21. The van der Waals surface area contributed by atoms with Gasteiger partial charge in [-0.2, -0.15) is 10.4 Å². The molecule has 0 amide bonds. The Morgan fingerprint density at radius 3 is 2.64 bits per heavy atom. The molecule has 0 aliphatic carbocycles. The summed E-state index contributed by atoms with van der Waals surface area (Å²) in [5.74, 6) is 1.39. The van der Waals surface area contributed by atoms with Crippen LogP contribution in [-0.4, -0.2) is 46.8 Å². The van der Waals surface area contributed by atoms with Crippen molar-refractivity contribution in [3.8, 4) is 11.8 Å². The lowest BCUT2D eigenvalue weighted by Crippen LogP contribution is -2.39. The summed E-state index contributed by atoms with van der Waals surface area (Å²) in [7, 11) is 0. The number of benzene rings is 1. The van der Waals surface area contributed by atoms with Crippen LogP contribution in [0.3, 0.4) is 0 Å². The minimum absolute atomic E-state index is 0. The molecular weight excluding hydrogens is 465 g/mol. The largest absolute Gasteiger partial charge is 0.382 e. The number of aromatic nitrogens is 2. The molecule has 0 spiro atoms. The van der Waals surface area contributed by atoms with Crippen LogP contribution in [0.5, 0.6) is 0 Å². The summed E-state index contributed by atoms with van der Waals surface area (Å²) in [6.45, 7) is 5.79. The van der Waals surface area contributed by atoms with Gasteiger partial charge in [-0.1, -0.05) is 18.2 Å². The molecule has 3 N–H and O–H groups in total. The van der Waals surface area contributed by atoms with Gasteiger partial charge in [0.15, 0.2) is 5.96 Å². The van der Waals surface area contributed by atoms with Gasteiger partial charge in [0.1, 0.15) is 17.5 Å². The summed E-state index contributed by atoms with van der Waals surface area (Å²) >= 11 is 0. The number of para-hydroxylation sites is 1. The van der Waals surface area contributed by atoms with Gasteiger partial charge < -0.3 is 16.0 Å². The van der Waals surface area contributed by atoms with Gasteiger partial charge in [-0.3, -0.25) is 4.99 Å². The Morgan fingerprint density at radius 2 is 2.00 bits per heavy atom. The lowest BCUT2D eigenvalue weighted by Gasteiger charge is -2.20. The molecule has 8 heteroatoms. The number of rotatable bonds is 6. The molecule has 7 nitrogen and oxygen atoms in total. The normalized spacial score (nSPS) is 13.9. The predicted octanol–water partition coefficient (Wildman–Crippen LogP) is 2.94. The number of nitriles is 1. The molecule has 1 aromatic heterocycles. The Balaban J connectivity index is 0.00000280. The van der Waals surface area contributed by atoms with Crippen molar-refractivity contribution < 1.29 is 0 Å². The number of anilines is 1. The third-order valence-electron chi connectivity index (χ3n) is 4.68. The Morgan fingerprint density at radius 1 is 1.29 bits per heavy atom. The molecule has 1 aromatic carbocycles. The van der Waals surface area contributed by atoms with E-state index in [1.54, 1.807) is 4.68 Å². The summed E-state index contributed by atoms with van der Waals surface area (Å²) in [4.78, 5) is 7.05. The topological polar surface area (TPSA) is 95.3 Å². The van der Waals surface area contributed by atoms with Gasteiger partial charge in [0, 0.05) is 26.2 Å². The van der Waals surface area contributed by atoms with Gasteiger partial charge in [0.05, 0.1) is 11.4 Å². The minimum Gasteiger partial charge on any atom is -0.382 e. The van der Waals surface area contributed by atoms with Crippen molar-refractivity contribution in [2.45, 2.75) is 32.6 Å². The van der Waals surface area contributed by atoms with Gasteiger partial charge in [0.2, 0.25) is 0 Å². The number of guanidine groups is 1. The fourth-order valence-electron chi connectivity index (χ4n) is 3.33. The molecule has 0 unspecified atom stereocenters. The summed E-state index contributed by atoms with van der Waals surface area (Å²) in [6, 6.07) is 11.9. The number of nitrogens with two attached hydrogens (primary N) is 1. The molecule has 2 aromatic rings. The summed E-state index contributed by atoms with van der Waals surface area (Å²) in [6.07, 6.45) is 3.96. The van der Waals surface area contributed by atoms with Crippen LogP contribution >= 0.6 is 24.0 Å². The van der Waals surface area contributed by atoms with Crippen LogP contribution in [0.2, 0.25) is 0 Å². The zero-order valence-electron chi connectivity index (χ0n) is 16.3. The number of likely N-dealkylation sites (tertiary alicyclic amines) is 1. The summed E-state index contributed by atoms with van der Waals surface area (Å²) in [5, 5.41) is 17.4. The van der Waals surface area contributed by atoms with E-state index in [0.717, 1.165) is 43.4 Å². The molecule has 1 fully saturated rings. The fourth-order valence-corrected chi connectivity index (χ4v) is 3.33. The van der Waals surface area contributed by atoms with Crippen LogP contribution in [0.25, 0.3) is 5.69 Å². The van der Waals surface area contributed by atoms with E-state index in [1.165, 1.54) is 12.8 Å². The number of aliphatic imine (C=N–C) groups is 1. The van der Waals surface area contributed by atoms with Crippen LogP contribution in [0, 0.1) is 11.3 Å². The van der Waals surface area contributed by atoms with Crippen LogP contribution in [0.15, 0.2) is 35.3 Å². The zero-order valence-corrected chi connectivity index (χ0v) is 18.6. The Kier molecular flexibility index (Phi) is 8.57. The highest BCUT2D eigenvalue weighted by atomic mass is 127. The molecule has 0 radical (unpaired) electrons. The molecule has 2 heterocycles. The molecule has 150 valence electrons. The third-order valence-corrected chi connectivity index (χ3v) is 4.68. The molecule has 0 bridgehead atoms. The quantitative estimate of drug-likeness (QED) is 0.279. The molecule has 0 saturated carbocycles. The molecule has 1 aliphatic rings.